The lowest BCUT2D eigenvalue weighted by Gasteiger charge is -2.26. The number of hydrogen-bond donors (Lipinski definition) is 1. The Balaban J connectivity index is 1.99. The van der Waals surface area contributed by atoms with Crippen LogP contribution in [0.2, 0.25) is 39.3 Å². The molecule has 2 heterocycles. The molecule has 4 aromatic carbocycles. The van der Waals surface area contributed by atoms with Crippen molar-refractivity contribution in [3.63, 3.8) is 0 Å². The summed E-state index contributed by atoms with van der Waals surface area (Å²) in [6.07, 6.45) is 0. The molecule has 0 spiro atoms. The molecule has 0 aliphatic rings. The van der Waals surface area contributed by atoms with Gasteiger partial charge in [-0.3, -0.25) is 0 Å². The van der Waals surface area contributed by atoms with E-state index in [0.29, 0.717) is 0 Å². The summed E-state index contributed by atoms with van der Waals surface area (Å²) in [5.74, 6) is 0. The summed E-state index contributed by atoms with van der Waals surface area (Å²) in [6.45, 7) is 21.9. The minimum absolute atomic E-state index is 0.0644. The SMILES string of the molecule is CC(C)(C)n1c2ccc([Si](C)(C)C)c(-c3ccccc3)c2c2c3[nH]c4ccccc4c3c([Si](C)(C)C)cc21. The van der Waals surface area contributed by atoms with Crippen LogP contribution >= 0.6 is 0 Å². The molecule has 38 heavy (non-hydrogen) atoms. The quantitative estimate of drug-likeness (QED) is 0.220. The molecule has 1 N–H and O–H groups in total. The van der Waals surface area contributed by atoms with Gasteiger partial charge < -0.3 is 9.55 Å². The highest BCUT2D eigenvalue weighted by molar-refractivity contribution is 6.91. The average Bonchev–Trinajstić information content (AvgIpc) is 3.38. The third-order valence-electron chi connectivity index (χ3n) is 8.03. The first-order valence-electron chi connectivity index (χ1n) is 13.9. The standard InChI is InChI=1S/C34H40N2Si2/c1-34(2,3)36-25-19-20-27(37(4,5)6)29(22-15-11-10-12-16-22)31(25)32-26(36)21-28(38(7,8)9)30-23-17-13-14-18-24(23)35-33(30)32/h10-21,35H,1-9H3. The van der Waals surface area contributed by atoms with Crippen LogP contribution in [0, 0.1) is 0 Å². The van der Waals surface area contributed by atoms with Crippen molar-refractivity contribution in [1.82, 2.24) is 9.55 Å². The van der Waals surface area contributed by atoms with E-state index in [1.807, 2.05) is 0 Å². The number of aromatic amines is 1. The van der Waals surface area contributed by atoms with Crippen LogP contribution in [0.5, 0.6) is 0 Å². The van der Waals surface area contributed by atoms with Crippen molar-refractivity contribution in [3.8, 4) is 11.1 Å². The minimum Gasteiger partial charge on any atom is -0.354 e. The zero-order valence-electron chi connectivity index (χ0n) is 24.4. The Labute approximate surface area is 228 Å². The molecular weight excluding hydrogens is 493 g/mol. The van der Waals surface area contributed by atoms with Gasteiger partial charge in [0.15, 0.2) is 0 Å². The molecule has 6 rings (SSSR count). The lowest BCUT2D eigenvalue weighted by Crippen LogP contribution is -2.39. The largest absolute Gasteiger partial charge is 0.354 e. The van der Waals surface area contributed by atoms with Crippen molar-refractivity contribution in [2.45, 2.75) is 65.6 Å². The fourth-order valence-corrected chi connectivity index (χ4v) is 9.63. The third-order valence-corrected chi connectivity index (χ3v) is 12.1. The van der Waals surface area contributed by atoms with E-state index in [9.17, 15) is 0 Å². The Morgan fingerprint density at radius 2 is 1.26 bits per heavy atom. The van der Waals surface area contributed by atoms with Crippen LogP contribution in [0.3, 0.4) is 0 Å². The van der Waals surface area contributed by atoms with E-state index in [2.05, 4.69) is 142 Å². The van der Waals surface area contributed by atoms with Crippen LogP contribution in [-0.4, -0.2) is 25.7 Å². The second-order valence-corrected chi connectivity index (χ2v) is 24.1. The van der Waals surface area contributed by atoms with Gasteiger partial charge in [0, 0.05) is 32.6 Å². The number of nitrogens with one attached hydrogen (secondary N) is 1. The van der Waals surface area contributed by atoms with Crippen molar-refractivity contribution in [1.29, 1.82) is 0 Å². The zero-order chi connectivity index (χ0) is 27.2. The second-order valence-electron chi connectivity index (χ2n) is 14.0. The predicted octanol–water partition coefficient (Wildman–Crippen LogP) is 8.94. The number of H-pyrrole nitrogens is 1. The molecule has 0 atom stereocenters. The molecule has 0 fully saturated rings. The van der Waals surface area contributed by atoms with Crippen LogP contribution < -0.4 is 10.4 Å². The smallest absolute Gasteiger partial charge is 0.0786 e. The summed E-state index contributed by atoms with van der Waals surface area (Å²) >= 11 is 0. The maximum Gasteiger partial charge on any atom is 0.0786 e. The van der Waals surface area contributed by atoms with Gasteiger partial charge >= 0.3 is 0 Å². The molecule has 0 amide bonds. The Kier molecular flexibility index (Phi) is 5.44. The molecule has 0 saturated carbocycles. The van der Waals surface area contributed by atoms with Gasteiger partial charge in [-0.1, -0.05) is 99.1 Å². The van der Waals surface area contributed by atoms with Gasteiger partial charge in [-0.2, -0.15) is 0 Å². The molecule has 2 nitrogen and oxygen atoms in total. The molecule has 0 radical (unpaired) electrons. The van der Waals surface area contributed by atoms with E-state index in [0.717, 1.165) is 0 Å². The van der Waals surface area contributed by atoms with Gasteiger partial charge in [-0.15, -0.1) is 0 Å². The maximum atomic E-state index is 3.95. The fraction of sp³-hybridized carbons (Fsp3) is 0.294. The lowest BCUT2D eigenvalue weighted by atomic mass is 9.98. The van der Waals surface area contributed by atoms with Crippen LogP contribution in [0.15, 0.2) is 72.8 Å². The number of benzene rings is 4. The first-order valence-corrected chi connectivity index (χ1v) is 20.9. The Hall–Kier alpha value is -3.09. The Morgan fingerprint density at radius 3 is 1.89 bits per heavy atom. The Morgan fingerprint density at radius 1 is 0.632 bits per heavy atom. The van der Waals surface area contributed by atoms with Gasteiger partial charge in [0.1, 0.15) is 0 Å². The second kappa shape index (κ2) is 8.21. The topological polar surface area (TPSA) is 20.7 Å². The molecule has 6 aromatic rings. The van der Waals surface area contributed by atoms with Crippen LogP contribution in [0.1, 0.15) is 20.8 Å². The number of aromatic nitrogens is 2. The first-order chi connectivity index (χ1) is 17.8. The summed E-state index contributed by atoms with van der Waals surface area (Å²) in [5, 5.41) is 8.63. The average molecular weight is 533 g/mol. The lowest BCUT2D eigenvalue weighted by molar-refractivity contribution is 0.423. The first kappa shape index (κ1) is 25.2. The monoisotopic (exact) mass is 532 g/mol. The summed E-state index contributed by atoms with van der Waals surface area (Å²) in [5.41, 5.74) is 7.91. The van der Waals surface area contributed by atoms with E-state index in [1.54, 1.807) is 0 Å². The van der Waals surface area contributed by atoms with Crippen LogP contribution in [-0.2, 0) is 5.54 Å². The number of hydrogen-bond acceptors (Lipinski definition) is 0. The van der Waals surface area contributed by atoms with E-state index in [-0.39, 0.29) is 5.54 Å². The third kappa shape index (κ3) is 3.72. The van der Waals surface area contributed by atoms with Gasteiger partial charge in [-0.25, -0.2) is 0 Å². The summed E-state index contributed by atoms with van der Waals surface area (Å²) in [6, 6.07) is 27.4. The molecular formula is C34H40N2Si2. The van der Waals surface area contributed by atoms with E-state index in [4.69, 9.17) is 0 Å². The highest BCUT2D eigenvalue weighted by atomic mass is 28.3. The van der Waals surface area contributed by atoms with Crippen molar-refractivity contribution >= 4 is 70.1 Å². The van der Waals surface area contributed by atoms with Crippen LogP contribution in [0.4, 0.5) is 0 Å². The van der Waals surface area contributed by atoms with Gasteiger partial charge in [0.25, 0.3) is 0 Å². The normalized spacial score (nSPS) is 13.4. The summed E-state index contributed by atoms with van der Waals surface area (Å²) in [7, 11) is -3.33. The molecule has 0 aliphatic heterocycles. The van der Waals surface area contributed by atoms with Gasteiger partial charge in [0.2, 0.25) is 0 Å². The predicted molar refractivity (Wildman–Crippen MR) is 175 cm³/mol. The van der Waals surface area contributed by atoms with Crippen molar-refractivity contribution in [2.75, 3.05) is 0 Å². The highest BCUT2D eigenvalue weighted by Gasteiger charge is 2.31. The summed E-state index contributed by atoms with van der Waals surface area (Å²) in [4.78, 5) is 3.95. The summed E-state index contributed by atoms with van der Waals surface area (Å²) < 4.78 is 2.62. The number of rotatable bonds is 3. The zero-order valence-corrected chi connectivity index (χ0v) is 26.4. The minimum atomic E-state index is -1.67. The molecule has 2 aromatic heterocycles. The number of nitrogens with zero attached hydrogens (tertiary/aromatic N) is 1. The van der Waals surface area contributed by atoms with Crippen molar-refractivity contribution < 1.29 is 0 Å². The van der Waals surface area contributed by atoms with Gasteiger partial charge in [-0.05, 0) is 55.3 Å². The number of para-hydroxylation sites is 1. The van der Waals surface area contributed by atoms with Crippen molar-refractivity contribution in [3.05, 3.63) is 72.8 Å². The van der Waals surface area contributed by atoms with Crippen LogP contribution in [0.25, 0.3) is 54.7 Å². The van der Waals surface area contributed by atoms with Gasteiger partial charge in [0.05, 0.1) is 32.7 Å². The van der Waals surface area contributed by atoms with E-state index < -0.39 is 16.1 Å². The van der Waals surface area contributed by atoms with Crippen molar-refractivity contribution in [2.24, 2.45) is 0 Å². The molecule has 4 heteroatoms. The molecule has 0 saturated heterocycles. The molecule has 0 unspecified atom stereocenters. The fourth-order valence-electron chi connectivity index (χ4n) is 6.45. The molecule has 0 bridgehead atoms. The van der Waals surface area contributed by atoms with E-state index in [1.165, 1.54) is 65.1 Å². The molecule has 0 aliphatic carbocycles. The highest BCUT2D eigenvalue weighted by Crippen LogP contribution is 2.43. The molecule has 194 valence electrons. The number of fused-ring (bicyclic) bond motifs is 7. The maximum absolute atomic E-state index is 3.95. The Bertz CT molecular complexity index is 1850. The van der Waals surface area contributed by atoms with E-state index >= 15 is 0 Å².